The molecule has 2 heterocycles. The van der Waals surface area contributed by atoms with Gasteiger partial charge >= 0.3 is 6.18 Å². The zero-order chi connectivity index (χ0) is 16.6. The summed E-state index contributed by atoms with van der Waals surface area (Å²) in [5.41, 5.74) is 0.506. The van der Waals surface area contributed by atoms with Crippen molar-refractivity contribution < 1.29 is 18.3 Å². The molecule has 7 heteroatoms. The number of aliphatic hydroxyl groups is 1. The van der Waals surface area contributed by atoms with E-state index in [1.807, 2.05) is 11.1 Å². The van der Waals surface area contributed by atoms with Crippen LogP contribution in [0, 0.1) is 0 Å². The fraction of sp³-hybridized carbons (Fsp3) is 0.438. The predicted octanol–water partition coefficient (Wildman–Crippen LogP) is 2.75. The van der Waals surface area contributed by atoms with Crippen LogP contribution in [0.4, 0.5) is 13.2 Å². The zero-order valence-corrected chi connectivity index (χ0v) is 12.7. The fourth-order valence-corrected chi connectivity index (χ4v) is 3.21. The average molecular weight is 325 g/mol. The Morgan fingerprint density at radius 3 is 2.70 bits per heavy atom. The zero-order valence-electron chi connectivity index (χ0n) is 12.7. The van der Waals surface area contributed by atoms with Crippen LogP contribution in [0.25, 0.3) is 0 Å². The number of halogens is 3. The molecule has 0 aliphatic carbocycles. The van der Waals surface area contributed by atoms with Gasteiger partial charge in [-0.3, -0.25) is 9.58 Å². The molecule has 4 nitrogen and oxygen atoms in total. The summed E-state index contributed by atoms with van der Waals surface area (Å²) in [5.74, 6) is 0. The second-order valence-electron chi connectivity index (χ2n) is 5.94. The minimum atomic E-state index is -4.40. The third kappa shape index (κ3) is 3.40. The SMILES string of the molecule is Cn1cc(CN2C[C@@H](O)C[C@@H]2c2ccccc2C(F)(F)F)cn1. The molecule has 1 N–H and O–H groups in total. The van der Waals surface area contributed by atoms with Crippen molar-refractivity contribution in [2.45, 2.75) is 31.3 Å². The number of likely N-dealkylation sites (tertiary alicyclic amines) is 1. The van der Waals surface area contributed by atoms with E-state index in [9.17, 15) is 18.3 Å². The van der Waals surface area contributed by atoms with E-state index in [0.29, 0.717) is 19.5 Å². The quantitative estimate of drug-likeness (QED) is 0.943. The Morgan fingerprint density at radius 1 is 1.30 bits per heavy atom. The Bertz CT molecular complexity index is 683. The first-order valence-corrected chi connectivity index (χ1v) is 7.40. The van der Waals surface area contributed by atoms with Crippen LogP contribution in [0.1, 0.15) is 29.2 Å². The molecule has 3 rings (SSSR count). The molecule has 124 valence electrons. The van der Waals surface area contributed by atoms with Crippen molar-refractivity contribution in [2.24, 2.45) is 7.05 Å². The molecule has 0 unspecified atom stereocenters. The van der Waals surface area contributed by atoms with Gasteiger partial charge in [0.25, 0.3) is 0 Å². The summed E-state index contributed by atoms with van der Waals surface area (Å²) < 4.78 is 41.4. The van der Waals surface area contributed by atoms with Gasteiger partial charge in [0.2, 0.25) is 0 Å². The van der Waals surface area contributed by atoms with Gasteiger partial charge in [0, 0.05) is 37.9 Å². The van der Waals surface area contributed by atoms with Crippen LogP contribution in [0.15, 0.2) is 36.7 Å². The van der Waals surface area contributed by atoms with Gasteiger partial charge in [-0.1, -0.05) is 18.2 Å². The highest BCUT2D eigenvalue weighted by atomic mass is 19.4. The topological polar surface area (TPSA) is 41.3 Å². The Hall–Kier alpha value is -1.86. The highest BCUT2D eigenvalue weighted by Gasteiger charge is 2.39. The van der Waals surface area contributed by atoms with Gasteiger partial charge in [-0.15, -0.1) is 0 Å². The Labute approximate surface area is 132 Å². The molecule has 2 aromatic rings. The van der Waals surface area contributed by atoms with Crippen molar-refractivity contribution in [1.82, 2.24) is 14.7 Å². The molecule has 1 aromatic heterocycles. The molecule has 1 aliphatic heterocycles. The van der Waals surface area contributed by atoms with Crippen LogP contribution in [-0.2, 0) is 19.8 Å². The fourth-order valence-electron chi connectivity index (χ4n) is 3.21. The van der Waals surface area contributed by atoms with E-state index in [1.54, 1.807) is 24.0 Å². The number of nitrogens with zero attached hydrogens (tertiary/aromatic N) is 3. The maximum atomic E-state index is 13.3. The molecule has 1 fully saturated rings. The minimum absolute atomic E-state index is 0.223. The lowest BCUT2D eigenvalue weighted by Crippen LogP contribution is -2.25. The molecule has 0 bridgehead atoms. The van der Waals surface area contributed by atoms with Crippen LogP contribution in [0.3, 0.4) is 0 Å². The number of rotatable bonds is 3. The summed E-state index contributed by atoms with van der Waals surface area (Å²) in [5, 5.41) is 14.0. The number of alkyl halides is 3. The molecule has 0 spiro atoms. The van der Waals surface area contributed by atoms with Gasteiger partial charge in [0.15, 0.2) is 0 Å². The number of aryl methyl sites for hydroxylation is 1. The highest BCUT2D eigenvalue weighted by Crippen LogP contribution is 2.40. The van der Waals surface area contributed by atoms with E-state index in [-0.39, 0.29) is 5.56 Å². The van der Waals surface area contributed by atoms with Crippen LogP contribution >= 0.6 is 0 Å². The molecule has 0 amide bonds. The third-order valence-electron chi connectivity index (χ3n) is 4.15. The van der Waals surface area contributed by atoms with Gasteiger partial charge in [-0.2, -0.15) is 18.3 Å². The second kappa shape index (κ2) is 5.98. The van der Waals surface area contributed by atoms with E-state index >= 15 is 0 Å². The van der Waals surface area contributed by atoms with Crippen molar-refractivity contribution in [3.05, 3.63) is 53.3 Å². The first kappa shape index (κ1) is 16.0. The highest BCUT2D eigenvalue weighted by molar-refractivity contribution is 5.33. The molecular weight excluding hydrogens is 307 g/mol. The van der Waals surface area contributed by atoms with E-state index in [2.05, 4.69) is 5.10 Å². The number of aliphatic hydroxyl groups excluding tert-OH is 1. The standard InChI is InChI=1S/C16H18F3N3O/c1-21-8-11(7-20-21)9-22-10-12(23)6-15(22)13-4-2-3-5-14(13)16(17,18)19/h2-5,7-8,12,15,23H,6,9-10H2,1H3/t12-,15+/m0/s1. The van der Waals surface area contributed by atoms with E-state index < -0.39 is 23.9 Å². The molecule has 1 aromatic carbocycles. The lowest BCUT2D eigenvalue weighted by molar-refractivity contribution is -0.138. The summed E-state index contributed by atoms with van der Waals surface area (Å²) in [6, 6.07) is 5.15. The number of hydrogen-bond acceptors (Lipinski definition) is 3. The maximum absolute atomic E-state index is 13.3. The molecule has 1 aliphatic rings. The molecule has 2 atom stereocenters. The summed E-state index contributed by atoms with van der Waals surface area (Å²) in [6.07, 6.45) is -1.20. The lowest BCUT2D eigenvalue weighted by atomic mass is 9.97. The lowest BCUT2D eigenvalue weighted by Gasteiger charge is -2.26. The van der Waals surface area contributed by atoms with Crippen molar-refractivity contribution in [2.75, 3.05) is 6.54 Å². The first-order chi connectivity index (χ1) is 10.8. The van der Waals surface area contributed by atoms with Crippen molar-refractivity contribution in [3.63, 3.8) is 0 Å². The minimum Gasteiger partial charge on any atom is -0.392 e. The van der Waals surface area contributed by atoms with Gasteiger partial charge in [-0.05, 0) is 18.1 Å². The van der Waals surface area contributed by atoms with Gasteiger partial charge in [0.1, 0.15) is 0 Å². The molecular formula is C16H18F3N3O. The number of aromatic nitrogens is 2. The van der Waals surface area contributed by atoms with Crippen molar-refractivity contribution in [3.8, 4) is 0 Å². The van der Waals surface area contributed by atoms with Crippen LogP contribution in [0.5, 0.6) is 0 Å². The molecule has 1 saturated heterocycles. The summed E-state index contributed by atoms with van der Waals surface area (Å²) in [4.78, 5) is 1.88. The number of hydrogen-bond donors (Lipinski definition) is 1. The van der Waals surface area contributed by atoms with Crippen LogP contribution < -0.4 is 0 Å². The Balaban J connectivity index is 1.91. The monoisotopic (exact) mass is 325 g/mol. The van der Waals surface area contributed by atoms with Crippen molar-refractivity contribution >= 4 is 0 Å². The van der Waals surface area contributed by atoms with E-state index in [1.165, 1.54) is 12.1 Å². The first-order valence-electron chi connectivity index (χ1n) is 7.40. The molecule has 23 heavy (non-hydrogen) atoms. The number of benzene rings is 1. The van der Waals surface area contributed by atoms with E-state index in [0.717, 1.165) is 11.6 Å². The normalized spacial score (nSPS) is 22.7. The Morgan fingerprint density at radius 2 is 2.04 bits per heavy atom. The van der Waals surface area contributed by atoms with E-state index in [4.69, 9.17) is 0 Å². The average Bonchev–Trinajstić information content (AvgIpc) is 3.04. The van der Waals surface area contributed by atoms with Crippen LogP contribution in [-0.4, -0.2) is 32.4 Å². The summed E-state index contributed by atoms with van der Waals surface area (Å²) in [7, 11) is 1.79. The second-order valence-corrected chi connectivity index (χ2v) is 5.94. The molecule has 0 saturated carbocycles. The predicted molar refractivity (Wildman–Crippen MR) is 78.4 cm³/mol. The van der Waals surface area contributed by atoms with Gasteiger partial charge in [0.05, 0.1) is 17.9 Å². The summed E-state index contributed by atoms with van der Waals surface area (Å²) in [6.45, 7) is 0.813. The van der Waals surface area contributed by atoms with Crippen molar-refractivity contribution in [1.29, 1.82) is 0 Å². The smallest absolute Gasteiger partial charge is 0.392 e. The third-order valence-corrected chi connectivity index (χ3v) is 4.15. The summed E-state index contributed by atoms with van der Waals surface area (Å²) >= 11 is 0. The maximum Gasteiger partial charge on any atom is 0.416 e. The number of β-amino-alcohol motifs (C(OH)–C–C–N with tert-alkyl or cyclic N) is 1. The Kier molecular flexibility index (Phi) is 4.16. The van der Waals surface area contributed by atoms with Gasteiger partial charge < -0.3 is 5.11 Å². The van der Waals surface area contributed by atoms with Crippen LogP contribution in [0.2, 0.25) is 0 Å². The largest absolute Gasteiger partial charge is 0.416 e. The molecule has 0 radical (unpaired) electrons. The van der Waals surface area contributed by atoms with Gasteiger partial charge in [-0.25, -0.2) is 0 Å².